The van der Waals surface area contributed by atoms with Crippen LogP contribution in [0.2, 0.25) is 0 Å². The normalized spacial score (nSPS) is 40.8. The Balaban J connectivity index is 2.23. The molecule has 4 heteroatoms. The molecule has 0 aromatic heterocycles. The molecule has 120 valence electrons. The Labute approximate surface area is 127 Å². The van der Waals surface area contributed by atoms with Crippen LogP contribution in [0, 0.1) is 23.2 Å². The molecule has 0 aromatic carbocycles. The second kappa shape index (κ2) is 6.59. The molecule has 2 aliphatic rings. The van der Waals surface area contributed by atoms with Gasteiger partial charge in [-0.1, -0.05) is 19.1 Å². The molecule has 1 N–H and O–H groups in total. The van der Waals surface area contributed by atoms with Crippen molar-refractivity contribution in [2.75, 3.05) is 27.4 Å². The summed E-state index contributed by atoms with van der Waals surface area (Å²) in [6.45, 7) is 6.84. The third kappa shape index (κ3) is 3.08. The zero-order valence-corrected chi connectivity index (χ0v) is 13.4. The second-order valence-electron chi connectivity index (χ2n) is 6.93. The van der Waals surface area contributed by atoms with E-state index in [0.717, 1.165) is 19.3 Å². The summed E-state index contributed by atoms with van der Waals surface area (Å²) >= 11 is 0. The molecule has 0 saturated heterocycles. The van der Waals surface area contributed by atoms with Gasteiger partial charge in [-0.2, -0.15) is 0 Å². The smallest absolute Gasteiger partial charge is 0.141 e. The van der Waals surface area contributed by atoms with Gasteiger partial charge in [-0.25, -0.2) is 0 Å². The molecular formula is C17H28O4. The number of hydrogen-bond acceptors (Lipinski definition) is 4. The molecule has 0 aliphatic heterocycles. The number of methoxy groups -OCH3 is 2. The van der Waals surface area contributed by atoms with E-state index in [0.29, 0.717) is 18.9 Å². The predicted molar refractivity (Wildman–Crippen MR) is 81.0 cm³/mol. The van der Waals surface area contributed by atoms with E-state index in [1.54, 1.807) is 14.2 Å². The van der Waals surface area contributed by atoms with Crippen molar-refractivity contribution in [3.05, 3.63) is 12.2 Å². The van der Waals surface area contributed by atoms with E-state index >= 15 is 0 Å². The molecule has 4 nitrogen and oxygen atoms in total. The van der Waals surface area contributed by atoms with Crippen LogP contribution in [-0.2, 0) is 14.3 Å². The molecule has 2 fully saturated rings. The van der Waals surface area contributed by atoms with Gasteiger partial charge in [0.2, 0.25) is 0 Å². The molecule has 2 aliphatic carbocycles. The first kappa shape index (κ1) is 16.7. The van der Waals surface area contributed by atoms with Crippen LogP contribution in [0.25, 0.3) is 0 Å². The minimum absolute atomic E-state index is 0.105. The highest BCUT2D eigenvalue weighted by atomic mass is 16.5. The number of carbonyl (C=O) groups is 1. The predicted octanol–water partition coefficient (Wildman–Crippen LogP) is 2.21. The number of hydrogen-bond donors (Lipinski definition) is 1. The Morgan fingerprint density at radius 2 is 2.14 bits per heavy atom. The first-order chi connectivity index (χ1) is 9.96. The number of rotatable bonds is 4. The van der Waals surface area contributed by atoms with Gasteiger partial charge in [-0.15, -0.1) is 0 Å². The highest BCUT2D eigenvalue weighted by molar-refractivity contribution is 5.82. The van der Waals surface area contributed by atoms with Gasteiger partial charge < -0.3 is 14.6 Å². The Hall–Kier alpha value is -0.710. The number of ketones is 1. The average Bonchev–Trinajstić information content (AvgIpc) is 2.51. The summed E-state index contributed by atoms with van der Waals surface area (Å²) < 4.78 is 10.8. The van der Waals surface area contributed by atoms with E-state index in [1.807, 2.05) is 0 Å². The number of allylic oxidation sites excluding steroid dienone is 1. The van der Waals surface area contributed by atoms with Crippen molar-refractivity contribution >= 4 is 5.78 Å². The van der Waals surface area contributed by atoms with Gasteiger partial charge in [0.15, 0.2) is 0 Å². The van der Waals surface area contributed by atoms with Crippen molar-refractivity contribution in [1.82, 2.24) is 0 Å². The standard InChI is InChI=1S/C17H28O4/c1-11-5-6-16(21-4)13(9-20-3)15(19)7-14-12(11)8-17(14,2)10-18/h12-14,16,18H,1,5-10H2,2-4H3/t12-,13-,14-,16+,17+/m1/s1. The lowest BCUT2D eigenvalue weighted by Crippen LogP contribution is -2.50. The monoisotopic (exact) mass is 296 g/mol. The largest absolute Gasteiger partial charge is 0.396 e. The minimum Gasteiger partial charge on any atom is -0.396 e. The number of carbonyl (C=O) groups excluding carboxylic acids is 1. The Morgan fingerprint density at radius 1 is 1.43 bits per heavy atom. The van der Waals surface area contributed by atoms with E-state index in [9.17, 15) is 9.90 Å². The lowest BCUT2D eigenvalue weighted by Gasteiger charge is -2.53. The highest BCUT2D eigenvalue weighted by Crippen LogP contribution is 2.56. The molecule has 2 saturated carbocycles. The zero-order chi connectivity index (χ0) is 15.6. The van der Waals surface area contributed by atoms with Crippen molar-refractivity contribution in [3.63, 3.8) is 0 Å². The fourth-order valence-electron chi connectivity index (χ4n) is 4.07. The summed E-state index contributed by atoms with van der Waals surface area (Å²) in [5, 5.41) is 9.67. The quantitative estimate of drug-likeness (QED) is 0.808. The van der Waals surface area contributed by atoms with Gasteiger partial charge in [-0.05, 0) is 36.5 Å². The van der Waals surface area contributed by atoms with Crippen molar-refractivity contribution in [2.24, 2.45) is 23.2 Å². The topological polar surface area (TPSA) is 55.8 Å². The van der Waals surface area contributed by atoms with Crippen LogP contribution in [0.4, 0.5) is 0 Å². The number of ether oxygens (including phenoxy) is 2. The Kier molecular flexibility index (Phi) is 5.23. The van der Waals surface area contributed by atoms with E-state index in [4.69, 9.17) is 9.47 Å². The van der Waals surface area contributed by atoms with E-state index < -0.39 is 0 Å². The number of Topliss-reactive ketones (excluding diaryl/α,β-unsaturated/α-hetero) is 1. The van der Waals surface area contributed by atoms with Crippen LogP contribution in [0.15, 0.2) is 12.2 Å². The van der Waals surface area contributed by atoms with Crippen LogP contribution in [0.1, 0.15) is 32.6 Å². The van der Waals surface area contributed by atoms with Crippen LogP contribution in [0.5, 0.6) is 0 Å². The second-order valence-corrected chi connectivity index (χ2v) is 6.93. The molecule has 0 heterocycles. The maximum Gasteiger partial charge on any atom is 0.141 e. The van der Waals surface area contributed by atoms with E-state index in [2.05, 4.69) is 13.5 Å². The fourth-order valence-corrected chi connectivity index (χ4v) is 4.07. The van der Waals surface area contributed by atoms with Gasteiger partial charge in [0.05, 0.1) is 18.6 Å². The minimum atomic E-state index is -0.213. The zero-order valence-electron chi connectivity index (χ0n) is 13.4. The van der Waals surface area contributed by atoms with Gasteiger partial charge in [0, 0.05) is 27.2 Å². The maximum absolute atomic E-state index is 12.7. The first-order valence-corrected chi connectivity index (χ1v) is 7.79. The fraction of sp³-hybridized carbons (Fsp3) is 0.824. The number of fused-ring (bicyclic) bond motifs is 1. The average molecular weight is 296 g/mol. The summed E-state index contributed by atoms with van der Waals surface area (Å²) in [5.41, 5.74) is 1.06. The third-order valence-corrected chi connectivity index (χ3v) is 5.64. The molecule has 21 heavy (non-hydrogen) atoms. The lowest BCUT2D eigenvalue weighted by molar-refractivity contribution is -0.136. The van der Waals surface area contributed by atoms with E-state index in [1.165, 1.54) is 5.57 Å². The maximum atomic E-state index is 12.7. The molecule has 2 rings (SSSR count). The van der Waals surface area contributed by atoms with Crippen molar-refractivity contribution in [2.45, 2.75) is 38.7 Å². The van der Waals surface area contributed by atoms with Crippen LogP contribution >= 0.6 is 0 Å². The molecule has 0 aromatic rings. The molecule has 0 radical (unpaired) electrons. The molecule has 0 unspecified atom stereocenters. The molecule has 0 amide bonds. The molecule has 0 bridgehead atoms. The van der Waals surface area contributed by atoms with E-state index in [-0.39, 0.29) is 35.7 Å². The Morgan fingerprint density at radius 3 is 2.71 bits per heavy atom. The summed E-state index contributed by atoms with van der Waals surface area (Å²) in [7, 11) is 3.28. The summed E-state index contributed by atoms with van der Waals surface area (Å²) in [4.78, 5) is 12.7. The van der Waals surface area contributed by atoms with Crippen LogP contribution < -0.4 is 0 Å². The van der Waals surface area contributed by atoms with Gasteiger partial charge in [0.25, 0.3) is 0 Å². The van der Waals surface area contributed by atoms with Gasteiger partial charge in [0.1, 0.15) is 5.78 Å². The number of aliphatic hydroxyl groups is 1. The number of aliphatic hydroxyl groups excluding tert-OH is 1. The van der Waals surface area contributed by atoms with Crippen molar-refractivity contribution in [1.29, 1.82) is 0 Å². The Bertz CT molecular complexity index is 406. The van der Waals surface area contributed by atoms with Gasteiger partial charge >= 0.3 is 0 Å². The summed E-state index contributed by atoms with van der Waals surface area (Å²) in [6.07, 6.45) is 3.02. The third-order valence-electron chi connectivity index (χ3n) is 5.64. The molecule has 5 atom stereocenters. The molecule has 0 spiro atoms. The highest BCUT2D eigenvalue weighted by Gasteiger charge is 2.52. The summed E-state index contributed by atoms with van der Waals surface area (Å²) in [6, 6.07) is 0. The van der Waals surface area contributed by atoms with Crippen LogP contribution in [-0.4, -0.2) is 44.4 Å². The summed E-state index contributed by atoms with van der Waals surface area (Å²) in [5.74, 6) is 0.560. The SMILES string of the molecule is C=C1CC[C@H](OC)[C@H](COC)C(=O)C[C@@H]2[C@@H]1C[C@@]2(C)CO. The molecular weight excluding hydrogens is 268 g/mol. The first-order valence-electron chi connectivity index (χ1n) is 7.79. The van der Waals surface area contributed by atoms with Crippen molar-refractivity contribution < 1.29 is 19.4 Å². The van der Waals surface area contributed by atoms with Crippen LogP contribution in [0.3, 0.4) is 0 Å². The van der Waals surface area contributed by atoms with Gasteiger partial charge in [-0.3, -0.25) is 4.79 Å². The van der Waals surface area contributed by atoms with Crippen molar-refractivity contribution in [3.8, 4) is 0 Å². The lowest BCUT2D eigenvalue weighted by atomic mass is 9.51.